The number of amides is 1. The van der Waals surface area contributed by atoms with Crippen LogP contribution >= 0.6 is 11.3 Å². The molecule has 0 spiro atoms. The van der Waals surface area contributed by atoms with E-state index in [4.69, 9.17) is 4.74 Å². The summed E-state index contributed by atoms with van der Waals surface area (Å²) in [5.74, 6) is 0.163. The lowest BCUT2D eigenvalue weighted by Gasteiger charge is -2.38. The lowest BCUT2D eigenvalue weighted by Crippen LogP contribution is -2.48. The second kappa shape index (κ2) is 4.74. The molecule has 1 aromatic rings. The van der Waals surface area contributed by atoms with Crippen molar-refractivity contribution in [3.05, 3.63) is 16.6 Å². The van der Waals surface area contributed by atoms with Crippen LogP contribution in [0.25, 0.3) is 0 Å². The minimum absolute atomic E-state index is 0.163. The van der Waals surface area contributed by atoms with E-state index in [9.17, 15) is 4.79 Å². The SMILES string of the molecule is O=C([C@H]1CCO1)N1CCCC[C@@H]1c1nccs1. The van der Waals surface area contributed by atoms with Crippen LogP contribution in [0.1, 0.15) is 36.7 Å². The Bertz CT molecular complexity index is 389. The van der Waals surface area contributed by atoms with Crippen LogP contribution in [0.15, 0.2) is 11.6 Å². The number of carbonyl (C=O) groups excluding carboxylic acids is 1. The molecule has 2 saturated heterocycles. The van der Waals surface area contributed by atoms with Crippen molar-refractivity contribution in [3.8, 4) is 0 Å². The lowest BCUT2D eigenvalue weighted by molar-refractivity contribution is -0.160. The molecule has 2 atom stereocenters. The van der Waals surface area contributed by atoms with Crippen LogP contribution in [-0.2, 0) is 9.53 Å². The van der Waals surface area contributed by atoms with Crippen LogP contribution in [0.4, 0.5) is 0 Å². The van der Waals surface area contributed by atoms with Gasteiger partial charge in [-0.1, -0.05) is 0 Å². The van der Waals surface area contributed by atoms with Crippen LogP contribution in [0, 0.1) is 0 Å². The Morgan fingerprint density at radius 2 is 2.35 bits per heavy atom. The molecule has 0 aliphatic carbocycles. The molecule has 3 rings (SSSR count). The maximum absolute atomic E-state index is 12.3. The number of carbonyl (C=O) groups is 1. The smallest absolute Gasteiger partial charge is 0.252 e. The predicted octanol–water partition coefficient (Wildman–Crippen LogP) is 1.99. The molecular weight excluding hydrogens is 236 g/mol. The minimum Gasteiger partial charge on any atom is -0.368 e. The first-order valence-corrected chi connectivity index (χ1v) is 7.06. The second-order valence-electron chi connectivity index (χ2n) is 4.56. The maximum Gasteiger partial charge on any atom is 0.252 e. The zero-order valence-corrected chi connectivity index (χ0v) is 10.5. The quantitative estimate of drug-likeness (QED) is 0.808. The van der Waals surface area contributed by atoms with Gasteiger partial charge in [0.25, 0.3) is 5.91 Å². The van der Waals surface area contributed by atoms with E-state index in [1.54, 1.807) is 11.3 Å². The lowest BCUT2D eigenvalue weighted by atomic mass is 10.0. The first kappa shape index (κ1) is 11.2. The third-order valence-electron chi connectivity index (χ3n) is 3.50. The molecule has 2 aliphatic rings. The van der Waals surface area contributed by atoms with Gasteiger partial charge in [-0.3, -0.25) is 4.79 Å². The van der Waals surface area contributed by atoms with Crippen LogP contribution in [0.5, 0.6) is 0 Å². The van der Waals surface area contributed by atoms with Crippen molar-refractivity contribution in [1.82, 2.24) is 9.88 Å². The Kier molecular flexibility index (Phi) is 3.11. The summed E-state index contributed by atoms with van der Waals surface area (Å²) in [6, 6.07) is 0.181. The van der Waals surface area contributed by atoms with Gasteiger partial charge in [0.2, 0.25) is 0 Å². The Balaban J connectivity index is 1.77. The third-order valence-corrected chi connectivity index (χ3v) is 4.37. The number of hydrogen-bond donors (Lipinski definition) is 0. The van der Waals surface area contributed by atoms with Crippen molar-refractivity contribution in [1.29, 1.82) is 0 Å². The van der Waals surface area contributed by atoms with Gasteiger partial charge in [-0.25, -0.2) is 4.98 Å². The molecule has 0 bridgehead atoms. The molecule has 0 aromatic carbocycles. The number of thiazole rings is 1. The minimum atomic E-state index is -0.185. The Morgan fingerprint density at radius 1 is 1.47 bits per heavy atom. The molecule has 2 fully saturated rings. The van der Waals surface area contributed by atoms with Crippen LogP contribution in [0.3, 0.4) is 0 Å². The maximum atomic E-state index is 12.3. The molecule has 0 saturated carbocycles. The zero-order valence-electron chi connectivity index (χ0n) is 9.67. The molecule has 0 N–H and O–H groups in total. The first-order chi connectivity index (χ1) is 8.36. The van der Waals surface area contributed by atoms with E-state index in [1.165, 1.54) is 6.42 Å². The number of aromatic nitrogens is 1. The second-order valence-corrected chi connectivity index (χ2v) is 5.49. The summed E-state index contributed by atoms with van der Waals surface area (Å²) >= 11 is 1.64. The summed E-state index contributed by atoms with van der Waals surface area (Å²) in [7, 11) is 0. The van der Waals surface area contributed by atoms with E-state index in [-0.39, 0.29) is 18.1 Å². The highest BCUT2D eigenvalue weighted by Gasteiger charge is 2.36. The molecule has 17 heavy (non-hydrogen) atoms. The summed E-state index contributed by atoms with van der Waals surface area (Å²) in [5, 5.41) is 3.05. The fourth-order valence-electron chi connectivity index (χ4n) is 2.47. The van der Waals surface area contributed by atoms with Crippen LogP contribution in [-0.4, -0.2) is 35.0 Å². The van der Waals surface area contributed by atoms with E-state index in [0.29, 0.717) is 0 Å². The van der Waals surface area contributed by atoms with Gasteiger partial charge >= 0.3 is 0 Å². The van der Waals surface area contributed by atoms with Crippen molar-refractivity contribution < 1.29 is 9.53 Å². The number of hydrogen-bond acceptors (Lipinski definition) is 4. The normalized spacial score (nSPS) is 28.8. The van der Waals surface area contributed by atoms with Crippen molar-refractivity contribution in [2.45, 2.75) is 37.8 Å². The zero-order chi connectivity index (χ0) is 11.7. The van der Waals surface area contributed by atoms with Crippen LogP contribution in [0.2, 0.25) is 0 Å². The van der Waals surface area contributed by atoms with Gasteiger partial charge in [-0.2, -0.15) is 0 Å². The fourth-order valence-corrected chi connectivity index (χ4v) is 3.25. The Labute approximate surface area is 105 Å². The molecule has 1 amide bonds. The number of nitrogens with zero attached hydrogens (tertiary/aromatic N) is 2. The molecule has 5 heteroatoms. The largest absolute Gasteiger partial charge is 0.368 e. The monoisotopic (exact) mass is 252 g/mol. The van der Waals surface area contributed by atoms with Gasteiger partial charge in [-0.05, 0) is 19.3 Å². The standard InChI is InChI=1S/C12H16N2O2S/c15-12(10-4-7-16-10)14-6-2-1-3-9(14)11-13-5-8-17-11/h5,8-10H,1-4,6-7H2/t9-,10-/m1/s1. The highest BCUT2D eigenvalue weighted by molar-refractivity contribution is 7.09. The summed E-state index contributed by atoms with van der Waals surface area (Å²) in [4.78, 5) is 18.6. The number of ether oxygens (including phenoxy) is 1. The first-order valence-electron chi connectivity index (χ1n) is 6.18. The summed E-state index contributed by atoms with van der Waals surface area (Å²) < 4.78 is 5.30. The van der Waals surface area contributed by atoms with Crippen molar-refractivity contribution in [2.75, 3.05) is 13.2 Å². The number of likely N-dealkylation sites (tertiary alicyclic amines) is 1. The van der Waals surface area contributed by atoms with Crippen molar-refractivity contribution in [2.24, 2.45) is 0 Å². The van der Waals surface area contributed by atoms with Gasteiger partial charge in [-0.15, -0.1) is 11.3 Å². The summed E-state index contributed by atoms with van der Waals surface area (Å²) in [5.41, 5.74) is 0. The predicted molar refractivity (Wildman–Crippen MR) is 64.8 cm³/mol. The Hall–Kier alpha value is -0.940. The molecule has 3 heterocycles. The average molecular weight is 252 g/mol. The van der Waals surface area contributed by atoms with Crippen molar-refractivity contribution >= 4 is 17.2 Å². The molecule has 0 radical (unpaired) electrons. The average Bonchev–Trinajstić information content (AvgIpc) is 2.80. The van der Waals surface area contributed by atoms with Gasteiger partial charge in [0.05, 0.1) is 12.6 Å². The van der Waals surface area contributed by atoms with E-state index >= 15 is 0 Å². The molecule has 2 aliphatic heterocycles. The molecule has 1 aromatic heterocycles. The van der Waals surface area contributed by atoms with Gasteiger partial charge < -0.3 is 9.64 Å². The highest BCUT2D eigenvalue weighted by Crippen LogP contribution is 2.33. The van der Waals surface area contributed by atoms with E-state index < -0.39 is 0 Å². The van der Waals surface area contributed by atoms with Crippen LogP contribution < -0.4 is 0 Å². The Morgan fingerprint density at radius 3 is 3.00 bits per heavy atom. The van der Waals surface area contributed by atoms with E-state index in [2.05, 4.69) is 4.98 Å². The molecular formula is C12H16N2O2S. The molecule has 92 valence electrons. The topological polar surface area (TPSA) is 42.4 Å². The number of rotatable bonds is 2. The summed E-state index contributed by atoms with van der Waals surface area (Å²) in [6.07, 6.45) is 5.82. The van der Waals surface area contributed by atoms with E-state index in [0.717, 1.165) is 37.4 Å². The molecule has 4 nitrogen and oxygen atoms in total. The molecule has 0 unspecified atom stereocenters. The van der Waals surface area contributed by atoms with Gasteiger partial charge in [0.1, 0.15) is 11.1 Å². The van der Waals surface area contributed by atoms with Gasteiger partial charge in [0, 0.05) is 24.5 Å². The summed E-state index contributed by atoms with van der Waals surface area (Å²) in [6.45, 7) is 1.58. The number of piperidine rings is 1. The van der Waals surface area contributed by atoms with E-state index in [1.807, 2.05) is 16.5 Å². The third kappa shape index (κ3) is 2.09. The van der Waals surface area contributed by atoms with Gasteiger partial charge in [0.15, 0.2) is 0 Å². The fraction of sp³-hybridized carbons (Fsp3) is 0.667. The highest BCUT2D eigenvalue weighted by atomic mass is 32.1. The van der Waals surface area contributed by atoms with Crippen molar-refractivity contribution in [3.63, 3.8) is 0 Å².